The number of piperidine rings is 1. The number of benzene rings is 1. The standard InChI is InChI=1S/C18H22FN5O4/c1-10(25)20-5-12-7-24(18(26)28-12)11-2-3-17(16(19)4-11)23-8-14-13(6-21-22-27)15(14)9-23/h2-4,6,12-15,22,27H,5,7-9H2,1H3,(H,20,25)/t12-,13?,14-,15+/m0/s1. The molecule has 2 aliphatic heterocycles. The van der Waals surface area contributed by atoms with Crippen LogP contribution in [0.25, 0.3) is 0 Å². The SMILES string of the molecule is CC(=O)NC[C@H]1CN(c2ccc(N3C[C@@H]4C(C=NNO)[C@@H]4C3)c(F)c2)C(=O)O1. The lowest BCUT2D eigenvalue weighted by Crippen LogP contribution is -2.33. The van der Waals surface area contributed by atoms with E-state index in [-0.39, 0.29) is 24.8 Å². The molecule has 1 aromatic carbocycles. The van der Waals surface area contributed by atoms with Crippen molar-refractivity contribution in [3.63, 3.8) is 0 Å². The van der Waals surface area contributed by atoms with Crippen molar-refractivity contribution in [1.82, 2.24) is 10.9 Å². The minimum absolute atomic E-state index is 0.199. The van der Waals surface area contributed by atoms with Gasteiger partial charge >= 0.3 is 6.09 Å². The highest BCUT2D eigenvalue weighted by Crippen LogP contribution is 2.51. The van der Waals surface area contributed by atoms with Crippen LogP contribution in [-0.2, 0) is 9.53 Å². The summed E-state index contributed by atoms with van der Waals surface area (Å²) in [6.45, 7) is 3.33. The fraction of sp³-hybridized carbons (Fsp3) is 0.500. The van der Waals surface area contributed by atoms with Crippen molar-refractivity contribution in [2.75, 3.05) is 36.0 Å². The van der Waals surface area contributed by atoms with E-state index in [0.717, 1.165) is 13.1 Å². The molecule has 9 nitrogen and oxygen atoms in total. The minimum atomic E-state index is -0.551. The number of hydrazone groups is 1. The average Bonchev–Trinajstić information content (AvgIpc) is 2.98. The largest absolute Gasteiger partial charge is 0.442 e. The second kappa shape index (κ2) is 7.27. The first-order valence-electron chi connectivity index (χ1n) is 9.17. The summed E-state index contributed by atoms with van der Waals surface area (Å²) in [6, 6.07) is 4.73. The molecule has 4 atom stereocenters. The quantitative estimate of drug-likeness (QED) is 0.492. The minimum Gasteiger partial charge on any atom is -0.442 e. The van der Waals surface area contributed by atoms with E-state index >= 15 is 0 Å². The van der Waals surface area contributed by atoms with Gasteiger partial charge in [0.25, 0.3) is 0 Å². The lowest BCUT2D eigenvalue weighted by molar-refractivity contribution is -0.119. The molecule has 1 unspecified atom stereocenters. The van der Waals surface area contributed by atoms with Crippen molar-refractivity contribution in [3.8, 4) is 0 Å². The molecule has 0 aromatic heterocycles. The van der Waals surface area contributed by atoms with Crippen LogP contribution in [0.5, 0.6) is 0 Å². The summed E-state index contributed by atoms with van der Waals surface area (Å²) >= 11 is 0. The van der Waals surface area contributed by atoms with Gasteiger partial charge in [-0.15, -0.1) is 0 Å². The zero-order valence-electron chi connectivity index (χ0n) is 15.3. The second-order valence-electron chi connectivity index (χ2n) is 7.38. The maximum Gasteiger partial charge on any atom is 0.414 e. The lowest BCUT2D eigenvalue weighted by atomic mass is 10.2. The molecule has 0 spiro atoms. The van der Waals surface area contributed by atoms with Crippen LogP contribution in [0.3, 0.4) is 0 Å². The van der Waals surface area contributed by atoms with Gasteiger partial charge in [0, 0.05) is 32.1 Å². The van der Waals surface area contributed by atoms with Crippen LogP contribution in [0.15, 0.2) is 23.3 Å². The molecule has 2 saturated heterocycles. The first-order valence-corrected chi connectivity index (χ1v) is 9.17. The molecule has 0 radical (unpaired) electrons. The van der Waals surface area contributed by atoms with Gasteiger partial charge in [0.15, 0.2) is 0 Å². The summed E-state index contributed by atoms with van der Waals surface area (Å²) in [5, 5.41) is 14.8. The van der Waals surface area contributed by atoms with Crippen LogP contribution in [0.2, 0.25) is 0 Å². The number of fused-ring (bicyclic) bond motifs is 1. The molecule has 2 amide bonds. The van der Waals surface area contributed by atoms with Crippen LogP contribution < -0.4 is 20.7 Å². The number of carbonyl (C=O) groups excluding carboxylic acids is 2. The van der Waals surface area contributed by atoms with Crippen LogP contribution >= 0.6 is 0 Å². The molecule has 28 heavy (non-hydrogen) atoms. The van der Waals surface area contributed by atoms with Gasteiger partial charge in [-0.3, -0.25) is 14.9 Å². The number of ether oxygens (including phenoxy) is 1. The number of cyclic esters (lactones) is 1. The Kier molecular flexibility index (Phi) is 4.80. The number of anilines is 2. The monoisotopic (exact) mass is 391 g/mol. The summed E-state index contributed by atoms with van der Waals surface area (Å²) < 4.78 is 19.9. The van der Waals surface area contributed by atoms with Gasteiger partial charge in [0.2, 0.25) is 5.91 Å². The summed E-state index contributed by atoms with van der Waals surface area (Å²) in [5.74, 6) is 0.561. The molecule has 3 aliphatic rings. The number of hydrogen-bond acceptors (Lipinski definition) is 7. The second-order valence-corrected chi connectivity index (χ2v) is 7.38. The van der Waals surface area contributed by atoms with Gasteiger partial charge in [0.1, 0.15) is 11.9 Å². The number of carbonyl (C=O) groups is 2. The van der Waals surface area contributed by atoms with E-state index < -0.39 is 12.2 Å². The molecule has 0 bridgehead atoms. The van der Waals surface area contributed by atoms with E-state index in [1.165, 1.54) is 17.9 Å². The Hall–Kier alpha value is -2.88. The topological polar surface area (TPSA) is 107 Å². The highest BCUT2D eigenvalue weighted by atomic mass is 19.1. The van der Waals surface area contributed by atoms with Crippen LogP contribution in [0.1, 0.15) is 6.92 Å². The fourth-order valence-corrected chi connectivity index (χ4v) is 4.13. The van der Waals surface area contributed by atoms with Gasteiger partial charge in [-0.2, -0.15) is 10.7 Å². The Bertz CT molecular complexity index is 807. The molecular weight excluding hydrogens is 369 g/mol. The normalized spacial score (nSPS) is 28.5. The predicted octanol–water partition coefficient (Wildman–Crippen LogP) is 0.934. The summed E-state index contributed by atoms with van der Waals surface area (Å²) in [5.41, 5.74) is 2.71. The molecule has 150 valence electrons. The first kappa shape index (κ1) is 18.5. The maximum absolute atomic E-state index is 14.7. The van der Waals surface area contributed by atoms with Crippen LogP contribution in [0.4, 0.5) is 20.6 Å². The smallest absolute Gasteiger partial charge is 0.414 e. The molecule has 3 N–H and O–H groups in total. The Morgan fingerprint density at radius 1 is 1.39 bits per heavy atom. The number of amides is 2. The predicted molar refractivity (Wildman–Crippen MR) is 98.8 cm³/mol. The van der Waals surface area contributed by atoms with E-state index in [1.54, 1.807) is 23.9 Å². The van der Waals surface area contributed by atoms with Gasteiger partial charge in [-0.25, -0.2) is 9.18 Å². The third kappa shape index (κ3) is 3.47. The Morgan fingerprint density at radius 2 is 2.14 bits per heavy atom. The van der Waals surface area contributed by atoms with E-state index in [2.05, 4.69) is 10.4 Å². The van der Waals surface area contributed by atoms with Gasteiger partial charge in [-0.05, 0) is 30.0 Å². The molecule has 3 fully saturated rings. The van der Waals surface area contributed by atoms with E-state index in [1.807, 2.05) is 4.90 Å². The first-order chi connectivity index (χ1) is 13.5. The molecule has 2 heterocycles. The van der Waals surface area contributed by atoms with E-state index in [9.17, 15) is 14.0 Å². The van der Waals surface area contributed by atoms with Crippen molar-refractivity contribution < 1.29 is 23.9 Å². The Balaban J connectivity index is 1.39. The number of nitrogens with one attached hydrogen (secondary N) is 2. The van der Waals surface area contributed by atoms with E-state index in [4.69, 9.17) is 9.94 Å². The maximum atomic E-state index is 14.7. The summed E-state index contributed by atoms with van der Waals surface area (Å²) in [6.07, 6.45) is 0.684. The van der Waals surface area contributed by atoms with Gasteiger partial charge < -0.3 is 15.0 Å². The molecule has 1 aromatic rings. The number of nitrogens with zero attached hydrogens (tertiary/aromatic N) is 3. The fourth-order valence-electron chi connectivity index (χ4n) is 4.13. The van der Waals surface area contributed by atoms with Crippen molar-refractivity contribution >= 4 is 29.6 Å². The Morgan fingerprint density at radius 3 is 2.79 bits per heavy atom. The molecule has 1 aliphatic carbocycles. The van der Waals surface area contributed by atoms with E-state index in [0.29, 0.717) is 29.1 Å². The van der Waals surface area contributed by atoms with Gasteiger partial charge in [0.05, 0.1) is 24.5 Å². The molecule has 4 rings (SSSR count). The highest BCUT2D eigenvalue weighted by molar-refractivity contribution is 5.90. The van der Waals surface area contributed by atoms with Crippen molar-refractivity contribution in [1.29, 1.82) is 0 Å². The lowest BCUT2D eigenvalue weighted by Gasteiger charge is -2.23. The molecule has 10 heteroatoms. The summed E-state index contributed by atoms with van der Waals surface area (Å²) in [4.78, 5) is 26.4. The third-order valence-corrected chi connectivity index (χ3v) is 5.60. The summed E-state index contributed by atoms with van der Waals surface area (Å²) in [7, 11) is 0. The zero-order chi connectivity index (χ0) is 19.8. The average molecular weight is 391 g/mol. The number of rotatable bonds is 6. The van der Waals surface area contributed by atoms with Crippen LogP contribution in [0, 0.1) is 23.6 Å². The Labute approximate surface area is 161 Å². The highest BCUT2D eigenvalue weighted by Gasteiger charge is 2.55. The third-order valence-electron chi connectivity index (χ3n) is 5.60. The zero-order valence-corrected chi connectivity index (χ0v) is 15.3. The van der Waals surface area contributed by atoms with Crippen molar-refractivity contribution in [2.24, 2.45) is 22.9 Å². The van der Waals surface area contributed by atoms with Gasteiger partial charge in [-0.1, -0.05) is 0 Å². The van der Waals surface area contributed by atoms with Crippen molar-refractivity contribution in [2.45, 2.75) is 13.0 Å². The molecule has 1 saturated carbocycles. The molecular formula is C18H22FN5O4. The van der Waals surface area contributed by atoms with Crippen molar-refractivity contribution in [3.05, 3.63) is 24.0 Å². The van der Waals surface area contributed by atoms with Crippen LogP contribution in [-0.4, -0.2) is 55.7 Å². The number of halogens is 1. The number of hydrogen-bond donors (Lipinski definition) is 3.